The first-order chi connectivity index (χ1) is 6.74. The molecule has 2 heteroatoms. The van der Waals surface area contributed by atoms with E-state index in [9.17, 15) is 0 Å². The summed E-state index contributed by atoms with van der Waals surface area (Å²) in [7, 11) is 0. The molecule has 0 aromatic heterocycles. The van der Waals surface area contributed by atoms with Gasteiger partial charge in [-0.1, -0.05) is 19.1 Å². The van der Waals surface area contributed by atoms with E-state index >= 15 is 0 Å². The van der Waals surface area contributed by atoms with Gasteiger partial charge in [-0.2, -0.15) is 0 Å². The van der Waals surface area contributed by atoms with Gasteiger partial charge in [0, 0.05) is 19.1 Å². The van der Waals surface area contributed by atoms with Gasteiger partial charge in [-0.25, -0.2) is 0 Å². The van der Waals surface area contributed by atoms with E-state index in [0.29, 0.717) is 6.04 Å². The number of hydrogen-bond acceptors (Lipinski definition) is 2. The van der Waals surface area contributed by atoms with Crippen LogP contribution < -0.4 is 5.73 Å². The SMILES string of the molecule is CC1CCCN(CC2C=CC(N)C2)C1. The summed E-state index contributed by atoms with van der Waals surface area (Å²) in [6.07, 6.45) is 8.42. The Hall–Kier alpha value is -0.340. The molecule has 2 rings (SSSR count). The van der Waals surface area contributed by atoms with Crippen molar-refractivity contribution in [2.45, 2.75) is 32.2 Å². The smallest absolute Gasteiger partial charge is 0.0229 e. The van der Waals surface area contributed by atoms with Crippen LogP contribution in [0.5, 0.6) is 0 Å². The van der Waals surface area contributed by atoms with Crippen molar-refractivity contribution in [3.8, 4) is 0 Å². The summed E-state index contributed by atoms with van der Waals surface area (Å²) in [5.41, 5.74) is 5.85. The fraction of sp³-hybridized carbons (Fsp3) is 0.833. The van der Waals surface area contributed by atoms with Gasteiger partial charge >= 0.3 is 0 Å². The Bertz CT molecular complexity index is 212. The van der Waals surface area contributed by atoms with E-state index in [0.717, 1.165) is 18.3 Å². The maximum absolute atomic E-state index is 5.85. The Labute approximate surface area is 87.2 Å². The third-order valence-corrected chi connectivity index (χ3v) is 3.44. The summed E-state index contributed by atoms with van der Waals surface area (Å²) < 4.78 is 0. The van der Waals surface area contributed by atoms with Gasteiger partial charge in [0.15, 0.2) is 0 Å². The van der Waals surface area contributed by atoms with Crippen LogP contribution in [0, 0.1) is 11.8 Å². The van der Waals surface area contributed by atoms with Gasteiger partial charge < -0.3 is 10.6 Å². The minimum Gasteiger partial charge on any atom is -0.324 e. The van der Waals surface area contributed by atoms with Crippen LogP contribution in [0.1, 0.15) is 26.2 Å². The van der Waals surface area contributed by atoms with Gasteiger partial charge in [-0.15, -0.1) is 0 Å². The van der Waals surface area contributed by atoms with Crippen LogP contribution in [0.15, 0.2) is 12.2 Å². The fourth-order valence-corrected chi connectivity index (χ4v) is 2.73. The van der Waals surface area contributed by atoms with Crippen molar-refractivity contribution in [3.05, 3.63) is 12.2 Å². The maximum Gasteiger partial charge on any atom is 0.0229 e. The lowest BCUT2D eigenvalue weighted by molar-refractivity contribution is 0.167. The second kappa shape index (κ2) is 4.45. The van der Waals surface area contributed by atoms with Crippen LogP contribution in [0.2, 0.25) is 0 Å². The molecule has 1 heterocycles. The predicted molar refractivity (Wildman–Crippen MR) is 60.1 cm³/mol. The maximum atomic E-state index is 5.85. The molecule has 3 atom stereocenters. The highest BCUT2D eigenvalue weighted by Crippen LogP contribution is 2.21. The Morgan fingerprint density at radius 2 is 2.29 bits per heavy atom. The molecule has 3 unspecified atom stereocenters. The van der Waals surface area contributed by atoms with E-state index in [1.807, 2.05) is 0 Å². The van der Waals surface area contributed by atoms with Crippen molar-refractivity contribution in [2.75, 3.05) is 19.6 Å². The third kappa shape index (κ3) is 2.58. The molecule has 14 heavy (non-hydrogen) atoms. The largest absolute Gasteiger partial charge is 0.324 e. The van der Waals surface area contributed by atoms with Crippen LogP contribution in [-0.2, 0) is 0 Å². The summed E-state index contributed by atoms with van der Waals surface area (Å²) in [5.74, 6) is 1.61. The zero-order valence-corrected chi connectivity index (χ0v) is 9.15. The Morgan fingerprint density at radius 3 is 2.93 bits per heavy atom. The number of nitrogens with zero attached hydrogens (tertiary/aromatic N) is 1. The predicted octanol–water partition coefficient (Wildman–Crippen LogP) is 1.62. The summed E-state index contributed by atoms with van der Waals surface area (Å²) >= 11 is 0. The molecule has 1 aliphatic carbocycles. The molecule has 0 radical (unpaired) electrons. The van der Waals surface area contributed by atoms with Crippen LogP contribution in [0.3, 0.4) is 0 Å². The molecule has 1 saturated heterocycles. The van der Waals surface area contributed by atoms with E-state index in [-0.39, 0.29) is 0 Å². The van der Waals surface area contributed by atoms with E-state index in [1.165, 1.54) is 32.5 Å². The van der Waals surface area contributed by atoms with Gasteiger partial charge in [-0.3, -0.25) is 0 Å². The van der Waals surface area contributed by atoms with Crippen molar-refractivity contribution in [1.82, 2.24) is 4.90 Å². The van der Waals surface area contributed by atoms with Gasteiger partial charge in [-0.05, 0) is 37.6 Å². The zero-order chi connectivity index (χ0) is 9.97. The highest BCUT2D eigenvalue weighted by Gasteiger charge is 2.21. The lowest BCUT2D eigenvalue weighted by Crippen LogP contribution is -2.37. The lowest BCUT2D eigenvalue weighted by atomic mass is 9.98. The quantitative estimate of drug-likeness (QED) is 0.677. The zero-order valence-electron chi connectivity index (χ0n) is 9.15. The van der Waals surface area contributed by atoms with Crippen molar-refractivity contribution in [3.63, 3.8) is 0 Å². The average molecular weight is 194 g/mol. The van der Waals surface area contributed by atoms with Gasteiger partial charge in [0.2, 0.25) is 0 Å². The molecule has 2 N–H and O–H groups in total. The molecule has 80 valence electrons. The number of hydrogen-bond donors (Lipinski definition) is 1. The normalized spacial score (nSPS) is 39.1. The molecule has 1 fully saturated rings. The van der Waals surface area contributed by atoms with Crippen LogP contribution >= 0.6 is 0 Å². The first kappa shape index (κ1) is 10.2. The lowest BCUT2D eigenvalue weighted by Gasteiger charge is -2.32. The van der Waals surface area contributed by atoms with Crippen molar-refractivity contribution < 1.29 is 0 Å². The van der Waals surface area contributed by atoms with Crippen molar-refractivity contribution in [1.29, 1.82) is 0 Å². The monoisotopic (exact) mass is 194 g/mol. The molecule has 0 aromatic rings. The Morgan fingerprint density at radius 1 is 1.43 bits per heavy atom. The molecule has 2 nitrogen and oxygen atoms in total. The summed E-state index contributed by atoms with van der Waals surface area (Å²) in [4.78, 5) is 2.61. The van der Waals surface area contributed by atoms with E-state index in [2.05, 4.69) is 24.0 Å². The molecule has 0 spiro atoms. The minimum atomic E-state index is 0.321. The minimum absolute atomic E-state index is 0.321. The molecule has 0 bridgehead atoms. The van der Waals surface area contributed by atoms with E-state index in [4.69, 9.17) is 5.73 Å². The second-order valence-corrected chi connectivity index (χ2v) is 5.05. The Kier molecular flexibility index (Phi) is 3.24. The van der Waals surface area contributed by atoms with Gasteiger partial charge in [0.1, 0.15) is 0 Å². The summed E-state index contributed by atoms with van der Waals surface area (Å²) in [6, 6.07) is 0.321. The number of rotatable bonds is 2. The van der Waals surface area contributed by atoms with E-state index < -0.39 is 0 Å². The molecule has 1 aliphatic heterocycles. The van der Waals surface area contributed by atoms with Crippen LogP contribution in [0.4, 0.5) is 0 Å². The highest BCUT2D eigenvalue weighted by molar-refractivity contribution is 5.05. The number of likely N-dealkylation sites (tertiary alicyclic amines) is 1. The third-order valence-electron chi connectivity index (χ3n) is 3.44. The summed E-state index contributed by atoms with van der Waals surface area (Å²) in [6.45, 7) is 6.18. The standard InChI is InChI=1S/C12H22N2/c1-10-3-2-6-14(8-10)9-11-4-5-12(13)7-11/h4-5,10-12H,2-3,6-9,13H2,1H3. The molecular formula is C12H22N2. The Balaban J connectivity index is 1.77. The van der Waals surface area contributed by atoms with Crippen LogP contribution in [0.25, 0.3) is 0 Å². The van der Waals surface area contributed by atoms with E-state index in [1.54, 1.807) is 0 Å². The number of nitrogens with two attached hydrogens (primary N) is 1. The van der Waals surface area contributed by atoms with Crippen LogP contribution in [-0.4, -0.2) is 30.6 Å². The fourth-order valence-electron chi connectivity index (χ4n) is 2.73. The van der Waals surface area contributed by atoms with Gasteiger partial charge in [0.25, 0.3) is 0 Å². The highest BCUT2D eigenvalue weighted by atomic mass is 15.1. The second-order valence-electron chi connectivity index (χ2n) is 5.05. The molecule has 0 amide bonds. The average Bonchev–Trinajstić information content (AvgIpc) is 2.51. The summed E-state index contributed by atoms with van der Waals surface area (Å²) in [5, 5.41) is 0. The topological polar surface area (TPSA) is 29.3 Å². The van der Waals surface area contributed by atoms with Gasteiger partial charge in [0.05, 0.1) is 0 Å². The number of piperidine rings is 1. The molecular weight excluding hydrogens is 172 g/mol. The molecule has 0 saturated carbocycles. The first-order valence-corrected chi connectivity index (χ1v) is 5.90. The van der Waals surface area contributed by atoms with Crippen molar-refractivity contribution >= 4 is 0 Å². The molecule has 0 aromatic carbocycles. The first-order valence-electron chi connectivity index (χ1n) is 5.90. The van der Waals surface area contributed by atoms with Crippen molar-refractivity contribution in [2.24, 2.45) is 17.6 Å². The molecule has 2 aliphatic rings.